The lowest BCUT2D eigenvalue weighted by Crippen LogP contribution is -2.35. The van der Waals surface area contributed by atoms with Gasteiger partial charge in [-0.05, 0) is 37.1 Å². The summed E-state index contributed by atoms with van der Waals surface area (Å²) in [5, 5.41) is 0. The Bertz CT molecular complexity index is 859. The first kappa shape index (κ1) is 20.0. The van der Waals surface area contributed by atoms with Crippen molar-refractivity contribution in [3.63, 3.8) is 0 Å². The van der Waals surface area contributed by atoms with Gasteiger partial charge in [-0.1, -0.05) is 12.5 Å². The van der Waals surface area contributed by atoms with Gasteiger partial charge in [0.2, 0.25) is 5.91 Å². The van der Waals surface area contributed by atoms with Crippen LogP contribution in [-0.2, 0) is 27.7 Å². The van der Waals surface area contributed by atoms with E-state index in [0.717, 1.165) is 29.8 Å². The van der Waals surface area contributed by atoms with E-state index in [1.54, 1.807) is 34.6 Å². The molecule has 1 amide bonds. The zero-order valence-electron chi connectivity index (χ0n) is 15.5. The maximum atomic E-state index is 12.7. The maximum absolute atomic E-state index is 12.7. The normalized spacial score (nSPS) is 15.6. The minimum Gasteiger partial charge on any atom is -0.345 e. The van der Waals surface area contributed by atoms with Crippen LogP contribution in [0.4, 0.5) is 0 Å². The molecule has 1 aliphatic heterocycles. The van der Waals surface area contributed by atoms with Crippen LogP contribution < -0.4 is 0 Å². The first-order valence-electron chi connectivity index (χ1n) is 9.19. The lowest BCUT2D eigenvalue weighted by molar-refractivity contribution is -0.129. The van der Waals surface area contributed by atoms with E-state index in [0.29, 0.717) is 30.3 Å². The van der Waals surface area contributed by atoms with Gasteiger partial charge in [0.15, 0.2) is 0 Å². The number of carbonyl (C=O) groups excluding carboxylic acids is 1. The van der Waals surface area contributed by atoms with Crippen molar-refractivity contribution in [2.24, 2.45) is 0 Å². The van der Waals surface area contributed by atoms with Crippen LogP contribution in [0.2, 0.25) is 0 Å². The summed E-state index contributed by atoms with van der Waals surface area (Å²) >= 11 is 1.20. The molecule has 3 heterocycles. The van der Waals surface area contributed by atoms with E-state index in [2.05, 4.69) is 4.98 Å². The molecule has 1 saturated heterocycles. The Morgan fingerprint density at radius 1 is 1.19 bits per heavy atom. The molecule has 6 nitrogen and oxygen atoms in total. The molecule has 1 fully saturated rings. The van der Waals surface area contributed by atoms with Gasteiger partial charge >= 0.3 is 0 Å². The summed E-state index contributed by atoms with van der Waals surface area (Å²) in [5.74, 6) is -0.0188. The Labute approximate surface area is 164 Å². The van der Waals surface area contributed by atoms with Crippen molar-refractivity contribution >= 4 is 27.3 Å². The minimum absolute atomic E-state index is 0.0188. The van der Waals surface area contributed by atoms with Crippen molar-refractivity contribution in [3.05, 3.63) is 47.1 Å². The fourth-order valence-electron chi connectivity index (χ4n) is 3.06. The van der Waals surface area contributed by atoms with Gasteiger partial charge in [0.25, 0.3) is 10.0 Å². The number of hydrogen-bond acceptors (Lipinski definition) is 5. The predicted molar refractivity (Wildman–Crippen MR) is 106 cm³/mol. The van der Waals surface area contributed by atoms with E-state index in [1.165, 1.54) is 11.3 Å². The maximum Gasteiger partial charge on any atom is 0.252 e. The van der Waals surface area contributed by atoms with Crippen LogP contribution in [-0.4, -0.2) is 55.2 Å². The zero-order valence-corrected chi connectivity index (χ0v) is 17.1. The highest BCUT2D eigenvalue weighted by atomic mass is 32.2. The van der Waals surface area contributed by atoms with Crippen LogP contribution >= 0.6 is 11.3 Å². The summed E-state index contributed by atoms with van der Waals surface area (Å²) in [6.07, 6.45) is 5.57. The molecule has 0 N–H and O–H groups in total. The molecule has 0 spiro atoms. The monoisotopic (exact) mass is 407 g/mol. The molecular weight excluding hydrogens is 382 g/mol. The van der Waals surface area contributed by atoms with Crippen LogP contribution in [0.15, 0.2) is 40.7 Å². The number of hydrogen-bond donors (Lipinski definition) is 0. The Kier molecular flexibility index (Phi) is 6.62. The molecule has 1 aliphatic rings. The van der Waals surface area contributed by atoms with Gasteiger partial charge in [-0.25, -0.2) is 8.42 Å². The van der Waals surface area contributed by atoms with E-state index in [4.69, 9.17) is 0 Å². The molecular formula is C19H25N3O3S2. The molecule has 146 valence electrons. The van der Waals surface area contributed by atoms with E-state index in [1.807, 2.05) is 18.2 Å². The van der Waals surface area contributed by atoms with Crippen molar-refractivity contribution in [2.45, 2.75) is 36.3 Å². The fourth-order valence-corrected chi connectivity index (χ4v) is 6.08. The lowest BCUT2D eigenvalue weighted by atomic mass is 10.2. The predicted octanol–water partition coefficient (Wildman–Crippen LogP) is 2.56. The standard InChI is InChI=1S/C19H25N3O3S2/c1-21(14-10-16-7-3-4-11-20-16)18(23)15-17-8-9-19(26-17)27(24,25)22-12-5-2-6-13-22/h3-4,7-9,11H,2,5-6,10,12-15H2,1H3. The number of nitrogens with zero attached hydrogens (tertiary/aromatic N) is 3. The Balaban J connectivity index is 1.57. The minimum atomic E-state index is -3.42. The van der Waals surface area contributed by atoms with E-state index in [9.17, 15) is 13.2 Å². The molecule has 0 atom stereocenters. The van der Waals surface area contributed by atoms with Crippen molar-refractivity contribution < 1.29 is 13.2 Å². The smallest absolute Gasteiger partial charge is 0.252 e. The summed E-state index contributed by atoms with van der Waals surface area (Å²) in [6, 6.07) is 9.12. The van der Waals surface area contributed by atoms with E-state index >= 15 is 0 Å². The topological polar surface area (TPSA) is 70.6 Å². The molecule has 3 rings (SSSR count). The van der Waals surface area contributed by atoms with Gasteiger partial charge in [0, 0.05) is 49.9 Å². The highest BCUT2D eigenvalue weighted by molar-refractivity contribution is 7.91. The molecule has 0 unspecified atom stereocenters. The number of piperidine rings is 1. The fraction of sp³-hybridized carbons (Fsp3) is 0.474. The Morgan fingerprint density at radius 2 is 1.96 bits per heavy atom. The number of pyridine rings is 1. The van der Waals surface area contributed by atoms with Crippen molar-refractivity contribution in [1.29, 1.82) is 0 Å². The number of likely N-dealkylation sites (N-methyl/N-ethyl adjacent to an activating group) is 1. The van der Waals surface area contributed by atoms with Crippen LogP contribution in [0.3, 0.4) is 0 Å². The van der Waals surface area contributed by atoms with Crippen LogP contribution in [0.5, 0.6) is 0 Å². The molecule has 2 aromatic rings. The average molecular weight is 408 g/mol. The second-order valence-corrected chi connectivity index (χ2v) is 10.1. The third-order valence-corrected chi connectivity index (χ3v) is 8.18. The second-order valence-electron chi connectivity index (χ2n) is 6.75. The molecule has 27 heavy (non-hydrogen) atoms. The van der Waals surface area contributed by atoms with Crippen molar-refractivity contribution in [3.8, 4) is 0 Å². The molecule has 8 heteroatoms. The third-order valence-electron chi connectivity index (χ3n) is 4.73. The Hall–Kier alpha value is -1.77. The van der Waals surface area contributed by atoms with Gasteiger partial charge in [0.05, 0.1) is 6.42 Å². The number of rotatable bonds is 7. The summed E-state index contributed by atoms with van der Waals surface area (Å²) in [6.45, 7) is 1.76. The van der Waals surface area contributed by atoms with Crippen molar-refractivity contribution in [1.82, 2.24) is 14.2 Å². The highest BCUT2D eigenvalue weighted by Crippen LogP contribution is 2.27. The average Bonchev–Trinajstić information content (AvgIpc) is 3.17. The van der Waals surface area contributed by atoms with E-state index < -0.39 is 10.0 Å². The third kappa shape index (κ3) is 5.15. The number of thiophene rings is 1. The summed E-state index contributed by atoms with van der Waals surface area (Å²) < 4.78 is 27.3. The van der Waals surface area contributed by atoms with Crippen LogP contribution in [0.25, 0.3) is 0 Å². The Morgan fingerprint density at radius 3 is 2.67 bits per heavy atom. The van der Waals surface area contributed by atoms with Gasteiger partial charge in [-0.2, -0.15) is 4.31 Å². The van der Waals surface area contributed by atoms with Gasteiger partial charge in [-0.3, -0.25) is 9.78 Å². The van der Waals surface area contributed by atoms with Crippen LogP contribution in [0.1, 0.15) is 29.8 Å². The molecule has 0 saturated carbocycles. The van der Waals surface area contributed by atoms with Gasteiger partial charge < -0.3 is 4.90 Å². The SMILES string of the molecule is CN(CCc1ccccn1)C(=O)Cc1ccc(S(=O)(=O)N2CCCCC2)s1. The number of carbonyl (C=O) groups is 1. The molecule has 0 aromatic carbocycles. The number of sulfonamides is 1. The first-order valence-corrected chi connectivity index (χ1v) is 11.5. The molecule has 0 radical (unpaired) electrons. The molecule has 0 aliphatic carbocycles. The number of aromatic nitrogens is 1. The van der Waals surface area contributed by atoms with Gasteiger partial charge in [-0.15, -0.1) is 11.3 Å². The largest absolute Gasteiger partial charge is 0.345 e. The molecule has 0 bridgehead atoms. The van der Waals surface area contributed by atoms with Crippen molar-refractivity contribution in [2.75, 3.05) is 26.7 Å². The van der Waals surface area contributed by atoms with Gasteiger partial charge in [0.1, 0.15) is 4.21 Å². The first-order chi connectivity index (χ1) is 13.0. The second kappa shape index (κ2) is 8.95. The van der Waals surface area contributed by atoms with Crippen LogP contribution in [0, 0.1) is 0 Å². The number of amides is 1. The summed E-state index contributed by atoms with van der Waals surface area (Å²) in [7, 11) is -1.66. The summed E-state index contributed by atoms with van der Waals surface area (Å²) in [4.78, 5) is 19.2. The zero-order chi connectivity index (χ0) is 19.3. The summed E-state index contributed by atoms with van der Waals surface area (Å²) in [5.41, 5.74) is 0.947. The quantitative estimate of drug-likeness (QED) is 0.707. The van der Waals surface area contributed by atoms with E-state index in [-0.39, 0.29) is 12.3 Å². The lowest BCUT2D eigenvalue weighted by Gasteiger charge is -2.25. The highest BCUT2D eigenvalue weighted by Gasteiger charge is 2.27. The molecule has 2 aromatic heterocycles.